The summed E-state index contributed by atoms with van der Waals surface area (Å²) in [5, 5.41) is 7.74. The number of carbonyl (C=O) groups excluding carboxylic acids is 1. The first kappa shape index (κ1) is 19.4. The van der Waals surface area contributed by atoms with E-state index in [0.29, 0.717) is 28.1 Å². The van der Waals surface area contributed by atoms with E-state index in [4.69, 9.17) is 11.6 Å². The highest BCUT2D eigenvalue weighted by Gasteiger charge is 2.22. The molecule has 1 unspecified atom stereocenters. The number of nitrogens with zero attached hydrogens (tertiary/aromatic N) is 5. The van der Waals surface area contributed by atoms with Crippen molar-refractivity contribution < 1.29 is 4.79 Å². The van der Waals surface area contributed by atoms with Gasteiger partial charge in [-0.05, 0) is 43.4 Å². The standard InChI is InChI=1S/C20H23ClN6O2/c1-13-4-3-8-25(11-13)18-19-24-27(20(29)26(19)9-7-22-18)12-17(28)23-16-10-15(21)6-5-14(16)2/h5-7,9-10,13H,3-4,8,11-12H2,1-2H3,(H,23,28). The number of amides is 1. The average Bonchev–Trinajstić information content (AvgIpc) is 3.00. The van der Waals surface area contributed by atoms with E-state index in [2.05, 4.69) is 27.2 Å². The molecule has 1 fully saturated rings. The number of nitrogens with one attached hydrogen (secondary N) is 1. The molecule has 1 atom stereocenters. The van der Waals surface area contributed by atoms with Crippen LogP contribution in [0.1, 0.15) is 25.3 Å². The second-order valence-electron chi connectivity index (χ2n) is 7.59. The van der Waals surface area contributed by atoms with Crippen LogP contribution in [-0.2, 0) is 11.3 Å². The highest BCUT2D eigenvalue weighted by molar-refractivity contribution is 6.31. The van der Waals surface area contributed by atoms with Crippen LogP contribution >= 0.6 is 11.6 Å². The normalized spacial score (nSPS) is 16.9. The van der Waals surface area contributed by atoms with Crippen molar-refractivity contribution >= 4 is 34.7 Å². The van der Waals surface area contributed by atoms with Crippen LogP contribution in [0.5, 0.6) is 0 Å². The Balaban J connectivity index is 1.60. The Morgan fingerprint density at radius 2 is 2.21 bits per heavy atom. The van der Waals surface area contributed by atoms with Gasteiger partial charge in [-0.25, -0.2) is 18.9 Å². The number of hydrogen-bond acceptors (Lipinski definition) is 5. The van der Waals surface area contributed by atoms with E-state index in [1.54, 1.807) is 24.5 Å². The maximum absolute atomic E-state index is 12.8. The Bertz CT molecular complexity index is 1120. The molecule has 2 aromatic heterocycles. The molecule has 152 valence electrons. The molecule has 1 aliphatic rings. The highest BCUT2D eigenvalue weighted by atomic mass is 35.5. The van der Waals surface area contributed by atoms with Crippen LogP contribution in [0.3, 0.4) is 0 Å². The summed E-state index contributed by atoms with van der Waals surface area (Å²) in [7, 11) is 0. The summed E-state index contributed by atoms with van der Waals surface area (Å²) in [6, 6.07) is 5.27. The molecule has 1 amide bonds. The van der Waals surface area contributed by atoms with Gasteiger partial charge < -0.3 is 10.2 Å². The predicted molar refractivity (Wildman–Crippen MR) is 113 cm³/mol. The van der Waals surface area contributed by atoms with Crippen LogP contribution in [-0.4, -0.2) is 38.2 Å². The van der Waals surface area contributed by atoms with E-state index < -0.39 is 0 Å². The maximum atomic E-state index is 12.8. The summed E-state index contributed by atoms with van der Waals surface area (Å²) in [6.45, 7) is 5.65. The van der Waals surface area contributed by atoms with Gasteiger partial charge in [-0.1, -0.05) is 24.6 Å². The van der Waals surface area contributed by atoms with Crippen LogP contribution in [0.25, 0.3) is 5.65 Å². The molecule has 0 spiro atoms. The zero-order valence-electron chi connectivity index (χ0n) is 16.4. The average molecular weight is 415 g/mol. The number of halogens is 1. The molecule has 4 rings (SSSR count). The fourth-order valence-electron chi connectivity index (χ4n) is 3.70. The number of hydrogen-bond donors (Lipinski definition) is 1. The lowest BCUT2D eigenvalue weighted by atomic mass is 10.0. The SMILES string of the molecule is Cc1ccc(Cl)cc1NC(=O)Cn1nc2c(N3CCCC(C)C3)nccn2c1=O. The summed E-state index contributed by atoms with van der Waals surface area (Å²) >= 11 is 6.01. The number of carbonyl (C=O) groups is 1. The van der Waals surface area contributed by atoms with Gasteiger partial charge in [-0.2, -0.15) is 0 Å². The molecule has 1 aliphatic heterocycles. The molecule has 3 aromatic rings. The van der Waals surface area contributed by atoms with Crippen molar-refractivity contribution in [1.29, 1.82) is 0 Å². The van der Waals surface area contributed by atoms with Crippen molar-refractivity contribution in [2.24, 2.45) is 5.92 Å². The quantitative estimate of drug-likeness (QED) is 0.709. The molecule has 0 bridgehead atoms. The van der Waals surface area contributed by atoms with Crippen molar-refractivity contribution in [3.63, 3.8) is 0 Å². The summed E-state index contributed by atoms with van der Waals surface area (Å²) in [4.78, 5) is 31.9. The van der Waals surface area contributed by atoms with Crippen molar-refractivity contribution in [2.45, 2.75) is 33.2 Å². The first-order valence-corrected chi connectivity index (χ1v) is 10.1. The van der Waals surface area contributed by atoms with Crippen molar-refractivity contribution in [2.75, 3.05) is 23.3 Å². The van der Waals surface area contributed by atoms with Crippen molar-refractivity contribution in [3.8, 4) is 0 Å². The Labute approximate surface area is 173 Å². The fourth-order valence-corrected chi connectivity index (χ4v) is 3.87. The van der Waals surface area contributed by atoms with Crippen LogP contribution in [0.2, 0.25) is 5.02 Å². The number of anilines is 2. The molecular weight excluding hydrogens is 392 g/mol. The van der Waals surface area contributed by atoms with E-state index in [9.17, 15) is 9.59 Å². The highest BCUT2D eigenvalue weighted by Crippen LogP contribution is 2.23. The first-order chi connectivity index (χ1) is 13.9. The number of aromatic nitrogens is 4. The van der Waals surface area contributed by atoms with E-state index >= 15 is 0 Å². The van der Waals surface area contributed by atoms with E-state index in [-0.39, 0.29) is 18.1 Å². The molecular formula is C20H23ClN6O2. The molecule has 0 saturated carbocycles. The van der Waals surface area contributed by atoms with Gasteiger partial charge in [0.05, 0.1) is 0 Å². The smallest absolute Gasteiger partial charge is 0.350 e. The number of piperidine rings is 1. The molecule has 1 N–H and O–H groups in total. The fraction of sp³-hybridized carbons (Fsp3) is 0.400. The van der Waals surface area contributed by atoms with Gasteiger partial charge in [-0.3, -0.25) is 4.79 Å². The van der Waals surface area contributed by atoms with Crippen molar-refractivity contribution in [3.05, 3.63) is 51.7 Å². The lowest BCUT2D eigenvalue weighted by Crippen LogP contribution is -2.35. The van der Waals surface area contributed by atoms with Gasteiger partial charge in [0.2, 0.25) is 11.6 Å². The monoisotopic (exact) mass is 414 g/mol. The topological polar surface area (TPSA) is 84.5 Å². The number of rotatable bonds is 4. The second kappa shape index (κ2) is 7.87. The van der Waals surface area contributed by atoms with E-state index in [0.717, 1.165) is 25.1 Å². The number of fused-ring (bicyclic) bond motifs is 1. The Hall–Kier alpha value is -2.87. The zero-order valence-corrected chi connectivity index (χ0v) is 17.2. The van der Waals surface area contributed by atoms with Crippen LogP contribution in [0.4, 0.5) is 11.5 Å². The lowest BCUT2D eigenvalue weighted by molar-refractivity contribution is -0.117. The minimum atomic E-state index is -0.369. The molecule has 29 heavy (non-hydrogen) atoms. The molecule has 1 saturated heterocycles. The van der Waals surface area contributed by atoms with E-state index in [1.807, 2.05) is 13.0 Å². The number of benzene rings is 1. The minimum absolute atomic E-state index is 0.192. The molecule has 8 nitrogen and oxygen atoms in total. The summed E-state index contributed by atoms with van der Waals surface area (Å²) in [5.41, 5.74) is 1.60. The lowest BCUT2D eigenvalue weighted by Gasteiger charge is -2.31. The maximum Gasteiger partial charge on any atom is 0.350 e. The number of aryl methyl sites for hydroxylation is 1. The first-order valence-electron chi connectivity index (χ1n) is 9.67. The van der Waals surface area contributed by atoms with Gasteiger partial charge in [0.25, 0.3) is 0 Å². The van der Waals surface area contributed by atoms with Crippen LogP contribution in [0.15, 0.2) is 35.4 Å². The molecule has 1 aromatic carbocycles. The Kier molecular flexibility index (Phi) is 5.27. The second-order valence-corrected chi connectivity index (χ2v) is 8.02. The predicted octanol–water partition coefficient (Wildman–Crippen LogP) is 2.73. The van der Waals surface area contributed by atoms with Crippen molar-refractivity contribution in [1.82, 2.24) is 19.2 Å². The Morgan fingerprint density at radius 3 is 3.00 bits per heavy atom. The minimum Gasteiger partial charge on any atom is -0.353 e. The molecule has 0 radical (unpaired) electrons. The molecule has 0 aliphatic carbocycles. The zero-order chi connectivity index (χ0) is 20.5. The summed E-state index contributed by atoms with van der Waals surface area (Å²) < 4.78 is 2.61. The van der Waals surface area contributed by atoms with Gasteiger partial charge in [-0.15, -0.1) is 5.10 Å². The van der Waals surface area contributed by atoms with Gasteiger partial charge in [0.1, 0.15) is 6.54 Å². The Morgan fingerprint density at radius 1 is 1.38 bits per heavy atom. The van der Waals surface area contributed by atoms with Gasteiger partial charge in [0, 0.05) is 36.2 Å². The summed E-state index contributed by atoms with van der Waals surface area (Å²) in [5.74, 6) is 0.897. The van der Waals surface area contributed by atoms with Crippen LogP contribution < -0.4 is 15.9 Å². The summed E-state index contributed by atoms with van der Waals surface area (Å²) in [6.07, 6.45) is 5.45. The third kappa shape index (κ3) is 3.98. The third-order valence-electron chi connectivity index (χ3n) is 5.21. The molecule has 9 heteroatoms. The van der Waals surface area contributed by atoms with Gasteiger partial charge in [0.15, 0.2) is 5.82 Å². The van der Waals surface area contributed by atoms with E-state index in [1.165, 1.54) is 15.5 Å². The third-order valence-corrected chi connectivity index (χ3v) is 5.44. The molecule has 3 heterocycles. The van der Waals surface area contributed by atoms with Gasteiger partial charge >= 0.3 is 5.69 Å². The largest absolute Gasteiger partial charge is 0.353 e. The van der Waals surface area contributed by atoms with Crippen LogP contribution in [0, 0.1) is 12.8 Å².